The number of hydrogen-bond donors (Lipinski definition) is 3. The number of azo groups is 1. The van der Waals surface area contributed by atoms with Crippen LogP contribution in [0.25, 0.3) is 0 Å². The first-order valence-corrected chi connectivity index (χ1v) is 6.34. The van der Waals surface area contributed by atoms with E-state index in [4.69, 9.17) is 15.6 Å². The van der Waals surface area contributed by atoms with E-state index < -0.39 is 5.97 Å². The van der Waals surface area contributed by atoms with E-state index in [1.54, 1.807) is 12.1 Å². The minimum absolute atomic E-state index is 0.233. The molecule has 22 heavy (non-hydrogen) atoms. The zero-order valence-corrected chi connectivity index (χ0v) is 12.1. The number of nitrogens with zero attached hydrogens (tertiary/aromatic N) is 2. The maximum Gasteiger partial charge on any atom is 0.339 e. The second-order valence-electron chi connectivity index (χ2n) is 4.59. The van der Waals surface area contributed by atoms with Crippen LogP contribution in [0.3, 0.4) is 0 Å². The number of rotatable bonds is 4. The number of aromatic hydroxyl groups is 1. The molecule has 7 heteroatoms. The molecular formula is C15H15N3O4. The molecule has 0 aliphatic heterocycles. The van der Waals surface area contributed by atoms with Gasteiger partial charge >= 0.3 is 5.97 Å². The third kappa shape index (κ3) is 3.14. The van der Waals surface area contributed by atoms with Crippen LogP contribution in [0.15, 0.2) is 40.6 Å². The molecule has 0 fully saturated rings. The van der Waals surface area contributed by atoms with Crippen molar-refractivity contribution in [2.24, 2.45) is 10.2 Å². The summed E-state index contributed by atoms with van der Waals surface area (Å²) in [4.78, 5) is 11.0. The molecule has 4 N–H and O–H groups in total. The number of carboxylic acids is 1. The van der Waals surface area contributed by atoms with Gasteiger partial charge in [-0.2, -0.15) is 10.2 Å². The number of nitrogens with two attached hydrogens (primary N) is 1. The Balaban J connectivity index is 2.37. The SMILES string of the molecule is COc1cc(N=Nc2ccc(O)c(C(=O)O)c2)c(C)cc1N. The number of aryl methyl sites for hydroxylation is 1. The van der Waals surface area contributed by atoms with Crippen LogP contribution >= 0.6 is 0 Å². The Morgan fingerprint density at radius 1 is 1.23 bits per heavy atom. The maximum atomic E-state index is 11.0. The van der Waals surface area contributed by atoms with E-state index in [1.807, 2.05) is 6.92 Å². The highest BCUT2D eigenvalue weighted by Gasteiger charge is 2.10. The van der Waals surface area contributed by atoms with Gasteiger partial charge in [0.15, 0.2) is 0 Å². The Kier molecular flexibility index (Phi) is 4.26. The van der Waals surface area contributed by atoms with Crippen molar-refractivity contribution in [2.45, 2.75) is 6.92 Å². The minimum Gasteiger partial charge on any atom is -0.507 e. The normalized spacial score (nSPS) is 10.8. The molecule has 0 saturated heterocycles. The Hall–Kier alpha value is -3.09. The molecule has 2 aromatic rings. The first-order valence-electron chi connectivity index (χ1n) is 6.34. The summed E-state index contributed by atoms with van der Waals surface area (Å²) in [5, 5.41) is 26.5. The van der Waals surface area contributed by atoms with Crippen LogP contribution in [0.1, 0.15) is 15.9 Å². The van der Waals surface area contributed by atoms with Crippen molar-refractivity contribution >= 4 is 23.0 Å². The number of hydrogen-bond acceptors (Lipinski definition) is 6. The van der Waals surface area contributed by atoms with E-state index in [0.717, 1.165) is 5.56 Å². The van der Waals surface area contributed by atoms with Gasteiger partial charge in [0, 0.05) is 6.07 Å². The van der Waals surface area contributed by atoms with Crippen LogP contribution in [0.4, 0.5) is 17.1 Å². The number of nitrogen functional groups attached to an aromatic ring is 1. The van der Waals surface area contributed by atoms with E-state index in [0.29, 0.717) is 22.8 Å². The number of anilines is 1. The van der Waals surface area contributed by atoms with Crippen molar-refractivity contribution in [3.8, 4) is 11.5 Å². The highest BCUT2D eigenvalue weighted by Crippen LogP contribution is 2.32. The van der Waals surface area contributed by atoms with Crippen molar-refractivity contribution in [3.63, 3.8) is 0 Å². The Morgan fingerprint density at radius 3 is 2.59 bits per heavy atom. The lowest BCUT2D eigenvalue weighted by Crippen LogP contribution is -1.95. The molecule has 0 bridgehead atoms. The number of benzene rings is 2. The molecule has 7 nitrogen and oxygen atoms in total. The molecule has 0 saturated carbocycles. The predicted octanol–water partition coefficient (Wildman–Crippen LogP) is 3.41. The Morgan fingerprint density at radius 2 is 1.95 bits per heavy atom. The lowest BCUT2D eigenvalue weighted by molar-refractivity contribution is 0.0694. The fraction of sp³-hybridized carbons (Fsp3) is 0.133. The van der Waals surface area contributed by atoms with Gasteiger partial charge in [0.25, 0.3) is 0 Å². The van der Waals surface area contributed by atoms with E-state index >= 15 is 0 Å². The van der Waals surface area contributed by atoms with Crippen LogP contribution in [0.2, 0.25) is 0 Å². The number of aromatic carboxylic acids is 1. The summed E-state index contributed by atoms with van der Waals surface area (Å²) in [6, 6.07) is 7.33. The zero-order chi connectivity index (χ0) is 16.3. The summed E-state index contributed by atoms with van der Waals surface area (Å²) in [6.45, 7) is 1.82. The quantitative estimate of drug-likeness (QED) is 0.591. The first kappa shape index (κ1) is 15.3. The summed E-state index contributed by atoms with van der Waals surface area (Å²) in [7, 11) is 1.50. The van der Waals surface area contributed by atoms with Crippen LogP contribution in [-0.4, -0.2) is 23.3 Å². The molecule has 0 aromatic heterocycles. The van der Waals surface area contributed by atoms with Crippen molar-refractivity contribution in [1.29, 1.82) is 0 Å². The average molecular weight is 301 g/mol. The lowest BCUT2D eigenvalue weighted by Gasteiger charge is -2.07. The van der Waals surface area contributed by atoms with E-state index in [-0.39, 0.29) is 11.3 Å². The molecule has 0 atom stereocenters. The van der Waals surface area contributed by atoms with E-state index in [1.165, 1.54) is 25.3 Å². The molecule has 0 aliphatic carbocycles. The molecule has 0 amide bonds. The molecule has 0 aliphatic rings. The van der Waals surface area contributed by atoms with Crippen LogP contribution in [-0.2, 0) is 0 Å². The molecule has 0 spiro atoms. The molecule has 2 rings (SSSR count). The van der Waals surface area contributed by atoms with Crippen molar-refractivity contribution in [1.82, 2.24) is 0 Å². The smallest absolute Gasteiger partial charge is 0.339 e. The third-order valence-electron chi connectivity index (χ3n) is 3.03. The third-order valence-corrected chi connectivity index (χ3v) is 3.03. The van der Waals surface area contributed by atoms with E-state index in [9.17, 15) is 9.90 Å². The number of methoxy groups -OCH3 is 1. The van der Waals surface area contributed by atoms with Gasteiger partial charge < -0.3 is 20.7 Å². The largest absolute Gasteiger partial charge is 0.507 e. The fourth-order valence-electron chi connectivity index (χ4n) is 1.85. The molecular weight excluding hydrogens is 286 g/mol. The van der Waals surface area contributed by atoms with Gasteiger partial charge in [-0.1, -0.05) is 0 Å². The van der Waals surface area contributed by atoms with Crippen molar-refractivity contribution in [2.75, 3.05) is 12.8 Å². The fourth-order valence-corrected chi connectivity index (χ4v) is 1.85. The zero-order valence-electron chi connectivity index (χ0n) is 12.1. The molecule has 2 aromatic carbocycles. The number of carbonyl (C=O) groups is 1. The van der Waals surface area contributed by atoms with Gasteiger partial charge in [-0.3, -0.25) is 0 Å². The Bertz CT molecular complexity index is 757. The van der Waals surface area contributed by atoms with Crippen molar-refractivity contribution < 1.29 is 19.7 Å². The number of carboxylic acid groups (broad SMARTS) is 1. The van der Waals surface area contributed by atoms with Gasteiger partial charge in [-0.15, -0.1) is 0 Å². The minimum atomic E-state index is -1.24. The topological polar surface area (TPSA) is 118 Å². The van der Waals surface area contributed by atoms with Gasteiger partial charge in [-0.05, 0) is 36.8 Å². The second kappa shape index (κ2) is 6.13. The van der Waals surface area contributed by atoms with Crippen LogP contribution < -0.4 is 10.5 Å². The standard InChI is InChI=1S/C15H15N3O4/c1-8-5-11(16)14(22-2)7-12(8)18-17-9-3-4-13(19)10(6-9)15(20)21/h3-7,19H,16H2,1-2H3,(H,20,21). The predicted molar refractivity (Wildman–Crippen MR) is 81.4 cm³/mol. The van der Waals surface area contributed by atoms with Gasteiger partial charge in [0.2, 0.25) is 0 Å². The van der Waals surface area contributed by atoms with E-state index in [2.05, 4.69) is 10.2 Å². The lowest BCUT2D eigenvalue weighted by atomic mass is 10.1. The average Bonchev–Trinajstić information content (AvgIpc) is 2.47. The van der Waals surface area contributed by atoms with Crippen LogP contribution in [0.5, 0.6) is 11.5 Å². The molecule has 0 radical (unpaired) electrons. The number of ether oxygens (including phenoxy) is 1. The highest BCUT2D eigenvalue weighted by atomic mass is 16.5. The summed E-state index contributed by atoms with van der Waals surface area (Å²) in [5.74, 6) is -1.08. The Labute approximate surface area is 126 Å². The summed E-state index contributed by atoms with van der Waals surface area (Å²) >= 11 is 0. The van der Waals surface area contributed by atoms with Crippen molar-refractivity contribution in [3.05, 3.63) is 41.5 Å². The summed E-state index contributed by atoms with van der Waals surface area (Å²) in [5.41, 5.74) is 7.72. The van der Waals surface area contributed by atoms with Gasteiger partial charge in [0.1, 0.15) is 17.1 Å². The second-order valence-corrected chi connectivity index (χ2v) is 4.59. The molecule has 0 unspecified atom stereocenters. The first-order chi connectivity index (χ1) is 10.4. The molecule has 0 heterocycles. The number of phenols is 1. The molecule has 114 valence electrons. The summed E-state index contributed by atoms with van der Waals surface area (Å²) < 4.78 is 5.12. The van der Waals surface area contributed by atoms with Gasteiger partial charge in [0.05, 0.1) is 24.2 Å². The monoisotopic (exact) mass is 301 g/mol. The van der Waals surface area contributed by atoms with Crippen LogP contribution in [0, 0.1) is 6.92 Å². The maximum absolute atomic E-state index is 11.0. The summed E-state index contributed by atoms with van der Waals surface area (Å²) in [6.07, 6.45) is 0. The van der Waals surface area contributed by atoms with Gasteiger partial charge in [-0.25, -0.2) is 4.79 Å². The highest BCUT2D eigenvalue weighted by molar-refractivity contribution is 5.91.